The van der Waals surface area contributed by atoms with Crippen molar-refractivity contribution in [3.05, 3.63) is 67.7 Å². The first-order valence-corrected chi connectivity index (χ1v) is 8.12. The third kappa shape index (κ3) is 5.12. The maximum absolute atomic E-state index is 11.8. The summed E-state index contributed by atoms with van der Waals surface area (Å²) in [5, 5.41) is 14.7. The maximum Gasteiger partial charge on any atom is 0.284 e. The van der Waals surface area contributed by atoms with Crippen LogP contribution < -0.4 is 10.2 Å². The standard InChI is InChI=1S/C17H16BrN3O4/c1-11-4-3-5-12(2)17(11)25-10-16(22)20-19-9-13-6-7-14(18)15(8-13)21(23)24/h3-9H,10H2,1-2H3,(H,20,22)/b19-9-. The molecule has 2 aromatic carbocycles. The number of ether oxygens (including phenoxy) is 1. The summed E-state index contributed by atoms with van der Waals surface area (Å²) < 4.78 is 5.89. The van der Waals surface area contributed by atoms with Crippen LogP contribution in [0.3, 0.4) is 0 Å². The fourth-order valence-electron chi connectivity index (χ4n) is 2.13. The van der Waals surface area contributed by atoms with E-state index in [1.165, 1.54) is 12.3 Å². The van der Waals surface area contributed by atoms with Crippen molar-refractivity contribution < 1.29 is 14.5 Å². The number of carbonyl (C=O) groups is 1. The van der Waals surface area contributed by atoms with Gasteiger partial charge in [-0.3, -0.25) is 14.9 Å². The Morgan fingerprint density at radius 3 is 2.64 bits per heavy atom. The lowest BCUT2D eigenvalue weighted by molar-refractivity contribution is -0.385. The first-order valence-electron chi connectivity index (χ1n) is 7.33. The highest BCUT2D eigenvalue weighted by Crippen LogP contribution is 2.25. The molecule has 1 amide bonds. The fraction of sp³-hybridized carbons (Fsp3) is 0.176. The van der Waals surface area contributed by atoms with Crippen molar-refractivity contribution in [2.45, 2.75) is 13.8 Å². The Morgan fingerprint density at radius 1 is 1.32 bits per heavy atom. The predicted molar refractivity (Wildman–Crippen MR) is 97.9 cm³/mol. The largest absolute Gasteiger partial charge is 0.483 e. The van der Waals surface area contributed by atoms with Gasteiger partial charge in [-0.05, 0) is 47.0 Å². The number of nitrogens with zero attached hydrogens (tertiary/aromatic N) is 2. The number of benzene rings is 2. The van der Waals surface area contributed by atoms with Crippen molar-refractivity contribution in [2.75, 3.05) is 6.61 Å². The Labute approximate surface area is 153 Å². The Kier molecular flexibility index (Phi) is 6.24. The second-order valence-corrected chi connectivity index (χ2v) is 6.13. The van der Waals surface area contributed by atoms with E-state index in [0.717, 1.165) is 11.1 Å². The molecule has 0 aliphatic rings. The summed E-state index contributed by atoms with van der Waals surface area (Å²) in [7, 11) is 0. The van der Waals surface area contributed by atoms with Gasteiger partial charge in [-0.25, -0.2) is 5.43 Å². The lowest BCUT2D eigenvalue weighted by Crippen LogP contribution is -2.25. The zero-order valence-corrected chi connectivity index (χ0v) is 15.2. The van der Waals surface area contributed by atoms with Crippen LogP contribution >= 0.6 is 15.9 Å². The molecule has 0 aliphatic carbocycles. The van der Waals surface area contributed by atoms with Crippen LogP contribution in [0, 0.1) is 24.0 Å². The highest BCUT2D eigenvalue weighted by Gasteiger charge is 2.11. The Hall–Kier alpha value is -2.74. The van der Waals surface area contributed by atoms with Crippen LogP contribution in [0.25, 0.3) is 0 Å². The molecule has 0 heterocycles. The second-order valence-electron chi connectivity index (χ2n) is 5.27. The number of carbonyl (C=O) groups excluding carboxylic acids is 1. The van der Waals surface area contributed by atoms with Crippen LogP contribution in [0.15, 0.2) is 46.0 Å². The van der Waals surface area contributed by atoms with Crippen molar-refractivity contribution >= 4 is 33.7 Å². The van der Waals surface area contributed by atoms with Gasteiger partial charge in [0, 0.05) is 11.6 Å². The number of nitro groups is 1. The van der Waals surface area contributed by atoms with Gasteiger partial charge in [0.05, 0.1) is 15.6 Å². The van der Waals surface area contributed by atoms with Crippen LogP contribution in [0.5, 0.6) is 5.75 Å². The van der Waals surface area contributed by atoms with E-state index in [0.29, 0.717) is 15.8 Å². The van der Waals surface area contributed by atoms with Gasteiger partial charge in [0.15, 0.2) is 6.61 Å². The van der Waals surface area contributed by atoms with E-state index in [1.807, 2.05) is 32.0 Å². The summed E-state index contributed by atoms with van der Waals surface area (Å²) in [4.78, 5) is 22.2. The minimum absolute atomic E-state index is 0.0753. The van der Waals surface area contributed by atoms with Gasteiger partial charge in [-0.1, -0.05) is 24.3 Å². The van der Waals surface area contributed by atoms with Crippen LogP contribution in [0.4, 0.5) is 5.69 Å². The third-order valence-corrected chi connectivity index (χ3v) is 4.00. The molecule has 0 radical (unpaired) electrons. The van der Waals surface area contributed by atoms with Crippen LogP contribution in [0.1, 0.15) is 16.7 Å². The van der Waals surface area contributed by atoms with Crippen molar-refractivity contribution in [2.24, 2.45) is 5.10 Å². The molecular formula is C17H16BrN3O4. The van der Waals surface area contributed by atoms with Gasteiger partial charge < -0.3 is 4.74 Å². The number of rotatable bonds is 6. The summed E-state index contributed by atoms with van der Waals surface area (Å²) in [6.07, 6.45) is 1.33. The third-order valence-electron chi connectivity index (χ3n) is 3.33. The first-order chi connectivity index (χ1) is 11.9. The molecule has 8 heteroatoms. The quantitative estimate of drug-likeness (QED) is 0.451. The summed E-state index contributed by atoms with van der Waals surface area (Å²) in [6.45, 7) is 3.63. The highest BCUT2D eigenvalue weighted by atomic mass is 79.9. The first kappa shape index (κ1) is 18.6. The van der Waals surface area contributed by atoms with E-state index in [1.54, 1.807) is 12.1 Å². The molecule has 1 N–H and O–H groups in total. The molecule has 0 bridgehead atoms. The summed E-state index contributed by atoms with van der Waals surface area (Å²) in [6, 6.07) is 10.3. The van der Waals surface area contributed by atoms with Gasteiger partial charge in [-0.15, -0.1) is 0 Å². The Balaban J connectivity index is 1.93. The van der Waals surface area contributed by atoms with E-state index < -0.39 is 10.8 Å². The molecule has 130 valence electrons. The number of para-hydroxylation sites is 1. The predicted octanol–water partition coefficient (Wildman–Crippen LogP) is 3.50. The Morgan fingerprint density at radius 2 is 2.00 bits per heavy atom. The lowest BCUT2D eigenvalue weighted by Gasteiger charge is -2.10. The normalized spacial score (nSPS) is 10.7. The van der Waals surface area contributed by atoms with Crippen LogP contribution in [-0.4, -0.2) is 23.7 Å². The maximum atomic E-state index is 11.8. The van der Waals surface area contributed by atoms with E-state index in [9.17, 15) is 14.9 Å². The number of nitrogens with one attached hydrogen (secondary N) is 1. The SMILES string of the molecule is Cc1cccc(C)c1OCC(=O)N/N=C\c1ccc(Br)c([N+](=O)[O-])c1. The van der Waals surface area contributed by atoms with E-state index in [2.05, 4.69) is 26.5 Å². The Bertz CT molecular complexity index is 816. The van der Waals surface area contributed by atoms with Crippen molar-refractivity contribution in [1.29, 1.82) is 0 Å². The zero-order chi connectivity index (χ0) is 18.4. The van der Waals surface area contributed by atoms with Crippen molar-refractivity contribution in [1.82, 2.24) is 5.43 Å². The summed E-state index contributed by atoms with van der Waals surface area (Å²) in [5.74, 6) is 0.246. The molecule has 2 rings (SSSR count). The average Bonchev–Trinajstić information content (AvgIpc) is 2.55. The van der Waals surface area contributed by atoms with E-state index >= 15 is 0 Å². The van der Waals surface area contributed by atoms with Gasteiger partial charge in [0.2, 0.25) is 0 Å². The molecule has 0 aliphatic heterocycles. The summed E-state index contributed by atoms with van der Waals surface area (Å²) >= 11 is 3.10. The summed E-state index contributed by atoms with van der Waals surface area (Å²) in [5.41, 5.74) is 4.63. The van der Waals surface area contributed by atoms with Gasteiger partial charge in [0.1, 0.15) is 5.75 Å². The van der Waals surface area contributed by atoms with Crippen LogP contribution in [0.2, 0.25) is 0 Å². The number of aryl methyl sites for hydroxylation is 2. The molecule has 0 saturated carbocycles. The van der Waals surface area contributed by atoms with E-state index in [4.69, 9.17) is 4.74 Å². The lowest BCUT2D eigenvalue weighted by atomic mass is 10.1. The monoisotopic (exact) mass is 405 g/mol. The topological polar surface area (TPSA) is 93.8 Å². The molecule has 7 nitrogen and oxygen atoms in total. The number of hydrogen-bond donors (Lipinski definition) is 1. The molecule has 0 spiro atoms. The van der Waals surface area contributed by atoms with E-state index in [-0.39, 0.29) is 12.3 Å². The molecule has 2 aromatic rings. The molecule has 0 unspecified atom stereocenters. The number of amides is 1. The number of hydrazone groups is 1. The van der Waals surface area contributed by atoms with Crippen molar-refractivity contribution in [3.63, 3.8) is 0 Å². The molecule has 0 saturated heterocycles. The number of halogens is 1. The molecule has 25 heavy (non-hydrogen) atoms. The smallest absolute Gasteiger partial charge is 0.284 e. The minimum Gasteiger partial charge on any atom is -0.483 e. The molecular weight excluding hydrogens is 390 g/mol. The molecule has 0 atom stereocenters. The molecule has 0 fully saturated rings. The van der Waals surface area contributed by atoms with Gasteiger partial charge >= 0.3 is 0 Å². The number of nitro benzene ring substituents is 1. The minimum atomic E-state index is -0.502. The van der Waals surface area contributed by atoms with Gasteiger partial charge in [0.25, 0.3) is 11.6 Å². The number of hydrogen-bond acceptors (Lipinski definition) is 5. The van der Waals surface area contributed by atoms with Gasteiger partial charge in [-0.2, -0.15) is 5.10 Å². The second kappa shape index (κ2) is 8.39. The highest BCUT2D eigenvalue weighted by molar-refractivity contribution is 9.10. The fourth-order valence-corrected chi connectivity index (χ4v) is 2.52. The van der Waals surface area contributed by atoms with Crippen molar-refractivity contribution in [3.8, 4) is 5.75 Å². The average molecular weight is 406 g/mol. The van der Waals surface area contributed by atoms with Crippen LogP contribution in [-0.2, 0) is 4.79 Å². The molecule has 0 aromatic heterocycles. The zero-order valence-electron chi connectivity index (χ0n) is 13.7.